The lowest BCUT2D eigenvalue weighted by Crippen LogP contribution is -2.54. The minimum atomic E-state index is -0.936. The lowest BCUT2D eigenvalue weighted by molar-refractivity contribution is -0.125. The van der Waals surface area contributed by atoms with Crippen molar-refractivity contribution in [3.05, 3.63) is 120 Å². The van der Waals surface area contributed by atoms with Gasteiger partial charge in [0.05, 0.1) is 37.2 Å². The maximum atomic E-state index is 15.4. The first kappa shape index (κ1) is 36.9. The van der Waals surface area contributed by atoms with E-state index in [1.807, 2.05) is 80.3 Å². The Bertz CT molecular complexity index is 1930. The first-order valence-electron chi connectivity index (χ1n) is 18.6. The number of hydrogen-bond acceptors (Lipinski definition) is 7. The first-order valence-corrected chi connectivity index (χ1v) is 18.6. The third-order valence-corrected chi connectivity index (χ3v) is 10.3. The molecule has 11 heteroatoms. The van der Waals surface area contributed by atoms with Crippen molar-refractivity contribution in [2.24, 2.45) is 5.41 Å². The molecule has 2 saturated heterocycles. The number of amides is 3. The van der Waals surface area contributed by atoms with Crippen molar-refractivity contribution in [2.75, 3.05) is 49.3 Å². The Labute approximate surface area is 315 Å². The van der Waals surface area contributed by atoms with Crippen LogP contribution in [-0.4, -0.2) is 75.7 Å². The lowest BCUT2D eigenvalue weighted by atomic mass is 9.87. The molecule has 2 heterocycles. The molecule has 0 radical (unpaired) electrons. The summed E-state index contributed by atoms with van der Waals surface area (Å²) in [5, 5.41) is 5.95. The highest BCUT2D eigenvalue weighted by Gasteiger charge is 2.40. The molecule has 4 aromatic rings. The van der Waals surface area contributed by atoms with E-state index in [9.17, 15) is 14.4 Å². The Morgan fingerprint density at radius 3 is 2.19 bits per heavy atom. The van der Waals surface area contributed by atoms with E-state index in [-0.39, 0.29) is 24.5 Å². The number of cyclic esters (lactones) is 1. The topological polar surface area (TPSA) is 109 Å². The Morgan fingerprint density at radius 2 is 1.54 bits per heavy atom. The zero-order valence-corrected chi connectivity index (χ0v) is 30.9. The number of fused-ring (bicyclic) bond motifs is 3. The highest BCUT2D eigenvalue weighted by molar-refractivity contribution is 5.91. The molecule has 2 fully saturated rings. The summed E-state index contributed by atoms with van der Waals surface area (Å²) in [5.41, 5.74) is 5.84. The van der Waals surface area contributed by atoms with Crippen LogP contribution in [0.15, 0.2) is 97.1 Å². The minimum absolute atomic E-state index is 0.0939. The lowest BCUT2D eigenvalue weighted by Gasteiger charge is -2.30. The van der Waals surface area contributed by atoms with E-state index >= 15 is 4.39 Å². The van der Waals surface area contributed by atoms with Gasteiger partial charge in [0.25, 0.3) is 0 Å². The van der Waals surface area contributed by atoms with E-state index in [0.717, 1.165) is 27.8 Å². The monoisotopic (exact) mass is 734 g/mol. The van der Waals surface area contributed by atoms with Crippen LogP contribution in [0.4, 0.5) is 25.4 Å². The van der Waals surface area contributed by atoms with E-state index in [2.05, 4.69) is 34.9 Å². The van der Waals surface area contributed by atoms with Gasteiger partial charge in [0.2, 0.25) is 5.91 Å². The molecule has 3 aliphatic rings. The van der Waals surface area contributed by atoms with Crippen LogP contribution in [0, 0.1) is 11.2 Å². The number of nitrogens with zero attached hydrogens (tertiary/aromatic N) is 2. The molecule has 4 aromatic carbocycles. The zero-order chi connectivity index (χ0) is 37.8. The van der Waals surface area contributed by atoms with Gasteiger partial charge in [-0.1, -0.05) is 99.6 Å². The van der Waals surface area contributed by atoms with E-state index in [0.29, 0.717) is 50.5 Å². The van der Waals surface area contributed by atoms with Gasteiger partial charge in [-0.05, 0) is 64.3 Å². The van der Waals surface area contributed by atoms with Gasteiger partial charge in [0.15, 0.2) is 0 Å². The molecule has 3 atom stereocenters. The molecule has 7 rings (SSSR count). The van der Waals surface area contributed by atoms with Crippen LogP contribution in [0.2, 0.25) is 0 Å². The summed E-state index contributed by atoms with van der Waals surface area (Å²) in [5.74, 6) is -0.990. The average Bonchev–Trinajstić information content (AvgIpc) is 3.71. The fourth-order valence-corrected chi connectivity index (χ4v) is 7.66. The number of carbonyl (C=O) groups is 3. The fourth-order valence-electron chi connectivity index (χ4n) is 7.66. The third kappa shape index (κ3) is 8.36. The van der Waals surface area contributed by atoms with Crippen molar-refractivity contribution in [1.82, 2.24) is 10.6 Å². The van der Waals surface area contributed by atoms with Crippen molar-refractivity contribution in [1.29, 1.82) is 0 Å². The molecule has 2 aliphatic heterocycles. The maximum Gasteiger partial charge on any atom is 0.414 e. The average molecular weight is 735 g/mol. The van der Waals surface area contributed by atoms with E-state index < -0.39 is 42.1 Å². The van der Waals surface area contributed by atoms with Gasteiger partial charge in [-0.15, -0.1) is 0 Å². The number of morpholine rings is 1. The second-order valence-electron chi connectivity index (χ2n) is 15.4. The van der Waals surface area contributed by atoms with Gasteiger partial charge in [-0.25, -0.2) is 14.0 Å². The number of ether oxygens (including phenoxy) is 3. The molecular weight excluding hydrogens is 687 g/mol. The third-order valence-electron chi connectivity index (χ3n) is 10.3. The molecule has 0 spiro atoms. The van der Waals surface area contributed by atoms with E-state index in [1.165, 1.54) is 11.0 Å². The van der Waals surface area contributed by atoms with Crippen molar-refractivity contribution >= 4 is 29.5 Å². The smallest absolute Gasteiger partial charge is 0.414 e. The van der Waals surface area contributed by atoms with Crippen molar-refractivity contribution in [2.45, 2.75) is 57.7 Å². The molecule has 54 heavy (non-hydrogen) atoms. The molecule has 0 bridgehead atoms. The summed E-state index contributed by atoms with van der Waals surface area (Å²) in [6.07, 6.45) is -1.40. The number of hydrogen-bond donors (Lipinski definition) is 2. The molecule has 0 saturated carbocycles. The predicted molar refractivity (Wildman–Crippen MR) is 205 cm³/mol. The van der Waals surface area contributed by atoms with Gasteiger partial charge >= 0.3 is 12.2 Å². The molecule has 0 unspecified atom stereocenters. The Kier molecular flexibility index (Phi) is 10.9. The van der Waals surface area contributed by atoms with Crippen molar-refractivity contribution < 1.29 is 33.0 Å². The van der Waals surface area contributed by atoms with E-state index in [4.69, 9.17) is 14.2 Å². The number of carbonyl (C=O) groups excluding carboxylic acids is 3. The zero-order valence-electron chi connectivity index (χ0n) is 30.9. The van der Waals surface area contributed by atoms with Crippen LogP contribution < -0.4 is 20.4 Å². The summed E-state index contributed by atoms with van der Waals surface area (Å²) in [6, 6.07) is 28.9. The number of nitrogens with one attached hydrogen (secondary N) is 2. The predicted octanol–water partition coefficient (Wildman–Crippen LogP) is 7.06. The molecule has 3 amide bonds. The molecule has 10 nitrogen and oxygen atoms in total. The quantitative estimate of drug-likeness (QED) is 0.170. The minimum Gasteiger partial charge on any atom is -0.449 e. The number of halogens is 1. The highest BCUT2D eigenvalue weighted by atomic mass is 19.1. The molecule has 282 valence electrons. The Morgan fingerprint density at radius 1 is 0.889 bits per heavy atom. The molecule has 0 aromatic heterocycles. The van der Waals surface area contributed by atoms with Gasteiger partial charge in [-0.2, -0.15) is 0 Å². The maximum absolute atomic E-state index is 15.4. The van der Waals surface area contributed by atoms with Crippen LogP contribution in [0.3, 0.4) is 0 Å². The van der Waals surface area contributed by atoms with Crippen LogP contribution >= 0.6 is 0 Å². The summed E-state index contributed by atoms with van der Waals surface area (Å²) in [7, 11) is 0. The van der Waals surface area contributed by atoms with Gasteiger partial charge < -0.3 is 29.7 Å². The Hall–Kier alpha value is -5.42. The molecular formula is C43H47FN4O6. The van der Waals surface area contributed by atoms with Crippen LogP contribution in [0.5, 0.6) is 0 Å². The standard InChI is InChI=1S/C43H47FN4O6/c1-43(2,3)25-37(46-41(50)53-27-34-32-15-9-7-13-30(32)31-14-8-10-16-33(31)34)40(49)45-36(23-28-11-5-4-6-12-28)39-26-48(42(51)54-39)29-17-18-38(35(44)24-29)47-19-21-52-22-20-47/h4-18,24,34,36-37,39H,19-23,25-27H2,1-3H3,(H,45,49)(H,46,50)/t36-,37+,39+/m0/s1. The number of benzene rings is 4. The highest BCUT2D eigenvalue weighted by Crippen LogP contribution is 2.44. The second kappa shape index (κ2) is 15.9. The summed E-state index contributed by atoms with van der Waals surface area (Å²) in [6.45, 7) is 8.39. The van der Waals surface area contributed by atoms with Gasteiger partial charge in [-0.3, -0.25) is 9.69 Å². The summed E-state index contributed by atoms with van der Waals surface area (Å²) in [4.78, 5) is 44.2. The number of alkyl carbamates (subject to hydrolysis) is 1. The largest absolute Gasteiger partial charge is 0.449 e. The van der Waals surface area contributed by atoms with Crippen LogP contribution in [0.1, 0.15) is 49.8 Å². The van der Waals surface area contributed by atoms with Crippen molar-refractivity contribution in [3.63, 3.8) is 0 Å². The van der Waals surface area contributed by atoms with Gasteiger partial charge in [0, 0.05) is 19.0 Å². The fraction of sp³-hybridized carbons (Fsp3) is 0.372. The normalized spacial score (nSPS) is 18.0. The van der Waals surface area contributed by atoms with Crippen molar-refractivity contribution in [3.8, 4) is 11.1 Å². The van der Waals surface area contributed by atoms with Crippen LogP contribution in [-0.2, 0) is 25.4 Å². The summed E-state index contributed by atoms with van der Waals surface area (Å²) < 4.78 is 32.5. The first-order chi connectivity index (χ1) is 26.0. The number of anilines is 2. The van der Waals surface area contributed by atoms with E-state index in [1.54, 1.807) is 12.1 Å². The Balaban J connectivity index is 1.06. The second-order valence-corrected chi connectivity index (χ2v) is 15.4. The molecule has 1 aliphatic carbocycles. The number of rotatable bonds is 11. The molecule has 2 N–H and O–H groups in total. The van der Waals surface area contributed by atoms with Crippen LogP contribution in [0.25, 0.3) is 11.1 Å². The van der Waals surface area contributed by atoms with Gasteiger partial charge in [0.1, 0.15) is 24.6 Å². The SMILES string of the molecule is CC(C)(C)C[C@@H](NC(=O)OCC1c2ccccc2-c2ccccc21)C(=O)N[C@@H](Cc1ccccc1)[C@H]1CN(c2ccc(N3CCOCC3)c(F)c2)C(=O)O1. The summed E-state index contributed by atoms with van der Waals surface area (Å²) >= 11 is 0.